The summed E-state index contributed by atoms with van der Waals surface area (Å²) in [5.74, 6) is 1.74. The van der Waals surface area contributed by atoms with Crippen molar-refractivity contribution in [3.05, 3.63) is 103 Å². The minimum Gasteiger partial charge on any atom is -0.418 e. The molecule has 170 valence electrons. The zero-order chi connectivity index (χ0) is 24.1. The van der Waals surface area contributed by atoms with Crippen molar-refractivity contribution in [1.82, 2.24) is 0 Å². The normalized spacial score (nSPS) is 11.5. The summed E-state index contributed by atoms with van der Waals surface area (Å²) in [7, 11) is -6.00. The van der Waals surface area contributed by atoms with Crippen LogP contribution in [0.25, 0.3) is 33.8 Å². The Hall–Kier alpha value is -3.41. The van der Waals surface area contributed by atoms with Gasteiger partial charge in [0.1, 0.15) is 0 Å². The van der Waals surface area contributed by atoms with Crippen LogP contribution in [-0.2, 0) is 5.41 Å². The van der Waals surface area contributed by atoms with E-state index >= 15 is 0 Å². The zero-order valence-electron chi connectivity index (χ0n) is 18.7. The predicted octanol–water partition coefficient (Wildman–Crippen LogP) is 9.16. The molecule has 0 N–H and O–H groups in total. The highest BCUT2D eigenvalue weighted by Gasteiger charge is 2.21. The van der Waals surface area contributed by atoms with Crippen molar-refractivity contribution in [2.75, 3.05) is 0 Å². The summed E-state index contributed by atoms with van der Waals surface area (Å²) >= 11 is 0. The fourth-order valence-corrected chi connectivity index (χ4v) is 3.32. The summed E-state index contributed by atoms with van der Waals surface area (Å²) in [6.07, 6.45) is 0. The first-order valence-electron chi connectivity index (χ1n) is 10.6. The third kappa shape index (κ3) is 7.31. The molecule has 0 aliphatic heterocycles. The summed E-state index contributed by atoms with van der Waals surface area (Å²) in [4.78, 5) is 0. The average Bonchev–Trinajstić information content (AvgIpc) is 2.78. The fraction of sp³-hybridized carbons (Fsp3) is 0.148. The van der Waals surface area contributed by atoms with Gasteiger partial charge in [0.2, 0.25) is 0 Å². The monoisotopic (exact) mass is 452 g/mol. The molecule has 0 fully saturated rings. The van der Waals surface area contributed by atoms with Crippen molar-refractivity contribution in [3.8, 4) is 33.8 Å². The van der Waals surface area contributed by atoms with Crippen LogP contribution in [0.2, 0.25) is 0 Å². The molecule has 33 heavy (non-hydrogen) atoms. The van der Waals surface area contributed by atoms with E-state index in [0.29, 0.717) is 0 Å². The molecule has 6 heteroatoms. The Morgan fingerprint density at radius 1 is 0.545 bits per heavy atom. The highest BCUT2D eigenvalue weighted by Crippen LogP contribution is 2.33. The molecular formula is C27H25BF4O. The molecule has 0 amide bonds. The second kappa shape index (κ2) is 10.0. The van der Waals surface area contributed by atoms with Gasteiger partial charge < -0.3 is 17.3 Å². The van der Waals surface area contributed by atoms with Gasteiger partial charge in [-0.1, -0.05) is 81.4 Å². The van der Waals surface area contributed by atoms with E-state index in [4.69, 9.17) is 4.42 Å². The Morgan fingerprint density at radius 2 is 0.939 bits per heavy atom. The molecule has 1 heterocycles. The maximum atomic E-state index is 9.75. The summed E-state index contributed by atoms with van der Waals surface area (Å²) in [5.41, 5.74) is 5.99. The first-order valence-corrected chi connectivity index (χ1v) is 10.6. The van der Waals surface area contributed by atoms with Gasteiger partial charge in [0, 0.05) is 5.56 Å². The second-order valence-corrected chi connectivity index (χ2v) is 8.63. The molecule has 0 unspecified atom stereocenters. The molecule has 3 aromatic carbocycles. The Morgan fingerprint density at radius 3 is 1.30 bits per heavy atom. The van der Waals surface area contributed by atoms with E-state index in [2.05, 4.69) is 81.4 Å². The maximum Gasteiger partial charge on any atom is 0.673 e. The highest BCUT2D eigenvalue weighted by atomic mass is 19.5. The van der Waals surface area contributed by atoms with Crippen LogP contribution in [0, 0.1) is 0 Å². The number of rotatable bonds is 3. The van der Waals surface area contributed by atoms with Crippen LogP contribution in [0.4, 0.5) is 17.3 Å². The van der Waals surface area contributed by atoms with E-state index in [1.165, 1.54) is 11.1 Å². The topological polar surface area (TPSA) is 11.3 Å². The molecule has 4 rings (SSSR count). The van der Waals surface area contributed by atoms with Crippen molar-refractivity contribution >= 4 is 7.25 Å². The lowest BCUT2D eigenvalue weighted by Gasteiger charge is -2.19. The van der Waals surface area contributed by atoms with E-state index in [0.717, 1.165) is 28.2 Å². The van der Waals surface area contributed by atoms with Crippen LogP contribution in [0.15, 0.2) is 101 Å². The molecule has 0 saturated heterocycles. The van der Waals surface area contributed by atoms with Gasteiger partial charge in [-0.2, -0.15) is 0 Å². The van der Waals surface area contributed by atoms with Crippen LogP contribution < -0.4 is 0 Å². The van der Waals surface area contributed by atoms with E-state index < -0.39 is 7.25 Å². The van der Waals surface area contributed by atoms with E-state index in [-0.39, 0.29) is 5.41 Å². The quantitative estimate of drug-likeness (QED) is 0.171. The van der Waals surface area contributed by atoms with Gasteiger partial charge in [-0.3, -0.25) is 0 Å². The lowest BCUT2D eigenvalue weighted by atomic mass is 9.86. The Labute approximate surface area is 191 Å². The minimum absolute atomic E-state index is 0.148. The fourth-order valence-electron chi connectivity index (χ4n) is 3.32. The number of hydrogen-bond acceptors (Lipinski definition) is 0. The van der Waals surface area contributed by atoms with Crippen molar-refractivity contribution in [3.63, 3.8) is 0 Å². The van der Waals surface area contributed by atoms with Gasteiger partial charge in [-0.15, -0.1) is 0 Å². The molecule has 0 aliphatic carbocycles. The number of hydrogen-bond donors (Lipinski definition) is 0. The highest BCUT2D eigenvalue weighted by molar-refractivity contribution is 6.50. The molecule has 1 aromatic heterocycles. The van der Waals surface area contributed by atoms with Crippen molar-refractivity contribution in [2.24, 2.45) is 0 Å². The smallest absolute Gasteiger partial charge is 0.418 e. The van der Waals surface area contributed by atoms with Crippen LogP contribution >= 0.6 is 0 Å². The third-order valence-electron chi connectivity index (χ3n) is 4.99. The number of benzene rings is 3. The van der Waals surface area contributed by atoms with Gasteiger partial charge in [0.05, 0.1) is 23.3 Å². The lowest BCUT2D eigenvalue weighted by Crippen LogP contribution is -2.10. The Bertz CT molecular complexity index is 1100. The molecule has 4 aromatic rings. The van der Waals surface area contributed by atoms with Gasteiger partial charge >= 0.3 is 18.8 Å². The van der Waals surface area contributed by atoms with Gasteiger partial charge in [-0.25, -0.2) is 4.42 Å². The molecule has 0 atom stereocenters. The lowest BCUT2D eigenvalue weighted by molar-refractivity contribution is 0.368. The predicted molar refractivity (Wildman–Crippen MR) is 128 cm³/mol. The average molecular weight is 452 g/mol. The summed E-state index contributed by atoms with van der Waals surface area (Å²) < 4.78 is 45.3. The summed E-state index contributed by atoms with van der Waals surface area (Å²) in [6.45, 7) is 6.72. The molecule has 0 spiro atoms. The van der Waals surface area contributed by atoms with E-state index in [9.17, 15) is 17.3 Å². The zero-order valence-corrected chi connectivity index (χ0v) is 18.7. The standard InChI is InChI=1S/C27H25O.BF4/c1-27(2,3)24-16-14-20(15-17-24)23-18-25(21-10-6-4-7-11-21)28-26(19-23)22-12-8-5-9-13-22;2-1(3,4)5/h4-19H,1-3H3;/q+1;-1. The van der Waals surface area contributed by atoms with Crippen LogP contribution in [0.3, 0.4) is 0 Å². The SMILES string of the molecule is CC(C)(C)c1ccc(-c2cc(-c3ccccc3)[o+]c(-c3ccccc3)c2)cc1.F[B-](F)(F)F. The summed E-state index contributed by atoms with van der Waals surface area (Å²) in [5, 5.41) is 0. The Kier molecular flexibility index (Phi) is 7.37. The van der Waals surface area contributed by atoms with Gasteiger partial charge in [0.15, 0.2) is 0 Å². The van der Waals surface area contributed by atoms with Crippen molar-refractivity contribution in [2.45, 2.75) is 26.2 Å². The van der Waals surface area contributed by atoms with Crippen LogP contribution in [0.5, 0.6) is 0 Å². The number of halogens is 4. The molecular weight excluding hydrogens is 427 g/mol. The van der Waals surface area contributed by atoms with Gasteiger partial charge in [0.25, 0.3) is 0 Å². The minimum atomic E-state index is -6.00. The van der Waals surface area contributed by atoms with E-state index in [1.807, 2.05) is 36.4 Å². The molecule has 0 saturated carbocycles. The molecule has 0 aliphatic rings. The molecule has 0 radical (unpaired) electrons. The second-order valence-electron chi connectivity index (χ2n) is 8.63. The van der Waals surface area contributed by atoms with Gasteiger partial charge in [-0.05, 0) is 40.8 Å². The largest absolute Gasteiger partial charge is 0.673 e. The Balaban J connectivity index is 0.000000555. The maximum absolute atomic E-state index is 9.75. The first kappa shape index (κ1) is 24.2. The van der Waals surface area contributed by atoms with Crippen molar-refractivity contribution < 1.29 is 21.7 Å². The van der Waals surface area contributed by atoms with E-state index in [1.54, 1.807) is 0 Å². The first-order chi connectivity index (χ1) is 15.5. The summed E-state index contributed by atoms with van der Waals surface area (Å²) in [6, 6.07) is 33.7. The third-order valence-corrected chi connectivity index (χ3v) is 4.99. The molecule has 1 nitrogen and oxygen atoms in total. The van der Waals surface area contributed by atoms with Crippen LogP contribution in [-0.4, -0.2) is 7.25 Å². The van der Waals surface area contributed by atoms with Crippen molar-refractivity contribution in [1.29, 1.82) is 0 Å². The molecule has 0 bridgehead atoms. The van der Waals surface area contributed by atoms with Crippen LogP contribution in [0.1, 0.15) is 26.3 Å².